The van der Waals surface area contributed by atoms with Gasteiger partial charge in [-0.25, -0.2) is 4.98 Å². The molecule has 0 amide bonds. The van der Waals surface area contributed by atoms with Crippen LogP contribution in [0.5, 0.6) is 0 Å². The molecule has 1 rings (SSSR count). The summed E-state index contributed by atoms with van der Waals surface area (Å²) in [6.45, 7) is 4.04. The molecule has 0 saturated carbocycles. The van der Waals surface area contributed by atoms with Crippen LogP contribution in [0.4, 0.5) is 0 Å². The van der Waals surface area contributed by atoms with Crippen molar-refractivity contribution in [2.45, 2.75) is 19.8 Å². The SMILES string of the molecule is CC(C)c1cnc(C#N)c(C#N)c1. The molecule has 0 aliphatic rings. The summed E-state index contributed by atoms with van der Waals surface area (Å²) in [5.74, 6) is 0.326. The number of rotatable bonds is 1. The fraction of sp³-hybridized carbons (Fsp3) is 0.300. The van der Waals surface area contributed by atoms with Gasteiger partial charge in [0.15, 0.2) is 5.69 Å². The highest BCUT2D eigenvalue weighted by Crippen LogP contribution is 2.15. The Morgan fingerprint density at radius 1 is 1.31 bits per heavy atom. The molecule has 1 heterocycles. The van der Waals surface area contributed by atoms with Gasteiger partial charge in [0.1, 0.15) is 12.1 Å². The Hall–Kier alpha value is -1.87. The van der Waals surface area contributed by atoms with Gasteiger partial charge < -0.3 is 0 Å². The van der Waals surface area contributed by atoms with Crippen LogP contribution < -0.4 is 0 Å². The summed E-state index contributed by atoms with van der Waals surface area (Å²) < 4.78 is 0. The third-order valence-corrected chi connectivity index (χ3v) is 1.80. The second-order valence-corrected chi connectivity index (χ2v) is 3.04. The van der Waals surface area contributed by atoms with Crippen LogP contribution in [-0.4, -0.2) is 4.98 Å². The minimum Gasteiger partial charge on any atom is -0.244 e. The lowest BCUT2D eigenvalue weighted by atomic mass is 10.0. The lowest BCUT2D eigenvalue weighted by molar-refractivity contribution is 0.856. The van der Waals surface area contributed by atoms with Gasteiger partial charge in [0.25, 0.3) is 0 Å². The average molecular weight is 171 g/mol. The normalized spacial score (nSPS) is 9.31. The van der Waals surface area contributed by atoms with E-state index in [1.54, 1.807) is 12.3 Å². The monoisotopic (exact) mass is 171 g/mol. The molecule has 0 saturated heterocycles. The van der Waals surface area contributed by atoms with Crippen molar-refractivity contribution in [2.24, 2.45) is 0 Å². The minimum absolute atomic E-state index is 0.201. The van der Waals surface area contributed by atoms with E-state index in [2.05, 4.69) is 4.98 Å². The second kappa shape index (κ2) is 3.69. The quantitative estimate of drug-likeness (QED) is 0.648. The Kier molecular flexibility index (Phi) is 2.62. The molecule has 0 aliphatic carbocycles. The Morgan fingerprint density at radius 2 is 2.00 bits per heavy atom. The molecule has 64 valence electrons. The molecule has 13 heavy (non-hydrogen) atoms. The summed E-state index contributed by atoms with van der Waals surface area (Å²) in [4.78, 5) is 3.91. The second-order valence-electron chi connectivity index (χ2n) is 3.04. The first-order valence-corrected chi connectivity index (χ1v) is 3.99. The topological polar surface area (TPSA) is 60.5 Å². The summed E-state index contributed by atoms with van der Waals surface area (Å²) in [6.07, 6.45) is 1.64. The number of hydrogen-bond donors (Lipinski definition) is 0. The van der Waals surface area contributed by atoms with E-state index in [9.17, 15) is 0 Å². The molecule has 0 unspecified atom stereocenters. The third-order valence-electron chi connectivity index (χ3n) is 1.80. The van der Waals surface area contributed by atoms with Gasteiger partial charge in [-0.3, -0.25) is 0 Å². The molecule has 3 nitrogen and oxygen atoms in total. The highest BCUT2D eigenvalue weighted by molar-refractivity contribution is 5.42. The first-order valence-electron chi connectivity index (χ1n) is 3.99. The Labute approximate surface area is 77.3 Å². The van der Waals surface area contributed by atoms with Gasteiger partial charge in [-0.15, -0.1) is 0 Å². The number of pyridine rings is 1. The summed E-state index contributed by atoms with van der Waals surface area (Å²) in [7, 11) is 0. The molecule has 0 aliphatic heterocycles. The van der Waals surface area contributed by atoms with Gasteiger partial charge in [0.2, 0.25) is 0 Å². The molecule has 1 aromatic heterocycles. The molecular weight excluding hydrogens is 162 g/mol. The molecule has 0 fully saturated rings. The van der Waals surface area contributed by atoms with Crippen LogP contribution in [0, 0.1) is 22.7 Å². The predicted molar refractivity (Wildman–Crippen MR) is 47.8 cm³/mol. The lowest BCUT2D eigenvalue weighted by Gasteiger charge is -2.04. The van der Waals surface area contributed by atoms with Crippen LogP contribution in [-0.2, 0) is 0 Å². The van der Waals surface area contributed by atoms with Gasteiger partial charge in [0.05, 0.1) is 5.56 Å². The van der Waals surface area contributed by atoms with E-state index < -0.39 is 0 Å². The highest BCUT2D eigenvalue weighted by atomic mass is 14.7. The van der Waals surface area contributed by atoms with Crippen LogP contribution >= 0.6 is 0 Å². The molecule has 0 bridgehead atoms. The van der Waals surface area contributed by atoms with Crippen molar-refractivity contribution in [3.05, 3.63) is 29.1 Å². The van der Waals surface area contributed by atoms with E-state index in [-0.39, 0.29) is 5.69 Å². The average Bonchev–Trinajstić information content (AvgIpc) is 2.16. The van der Waals surface area contributed by atoms with Crippen LogP contribution in [0.2, 0.25) is 0 Å². The van der Waals surface area contributed by atoms with E-state index in [1.807, 2.05) is 26.0 Å². The van der Waals surface area contributed by atoms with Crippen molar-refractivity contribution in [3.8, 4) is 12.1 Å². The highest BCUT2D eigenvalue weighted by Gasteiger charge is 2.06. The predicted octanol–water partition coefficient (Wildman–Crippen LogP) is 1.95. The summed E-state index contributed by atoms with van der Waals surface area (Å²) >= 11 is 0. The molecular formula is C10H9N3. The van der Waals surface area contributed by atoms with Crippen LogP contribution in [0.25, 0.3) is 0 Å². The fourth-order valence-corrected chi connectivity index (χ4v) is 0.971. The van der Waals surface area contributed by atoms with Crippen molar-refractivity contribution in [1.29, 1.82) is 10.5 Å². The lowest BCUT2D eigenvalue weighted by Crippen LogP contribution is -1.94. The van der Waals surface area contributed by atoms with E-state index in [0.717, 1.165) is 5.56 Å². The molecule has 3 heteroatoms. The van der Waals surface area contributed by atoms with Crippen LogP contribution in [0.15, 0.2) is 12.3 Å². The Balaban J connectivity index is 3.25. The van der Waals surface area contributed by atoms with Gasteiger partial charge in [-0.05, 0) is 17.5 Å². The summed E-state index contributed by atoms with van der Waals surface area (Å²) in [6, 6.07) is 5.55. The fourth-order valence-electron chi connectivity index (χ4n) is 0.971. The van der Waals surface area contributed by atoms with E-state index in [4.69, 9.17) is 10.5 Å². The summed E-state index contributed by atoms with van der Waals surface area (Å²) in [5.41, 5.74) is 1.54. The third kappa shape index (κ3) is 1.83. The number of hydrogen-bond acceptors (Lipinski definition) is 3. The van der Waals surface area contributed by atoms with Gasteiger partial charge in [0, 0.05) is 6.20 Å². The smallest absolute Gasteiger partial charge is 0.158 e. The number of aromatic nitrogens is 1. The molecule has 0 radical (unpaired) electrons. The molecule has 0 spiro atoms. The first-order chi connectivity index (χ1) is 6.19. The Morgan fingerprint density at radius 3 is 2.46 bits per heavy atom. The van der Waals surface area contributed by atoms with Crippen molar-refractivity contribution in [2.75, 3.05) is 0 Å². The number of nitriles is 2. The largest absolute Gasteiger partial charge is 0.244 e. The number of nitrogens with zero attached hydrogens (tertiary/aromatic N) is 3. The maximum absolute atomic E-state index is 8.71. The Bertz CT molecular complexity index is 394. The summed E-state index contributed by atoms with van der Waals surface area (Å²) in [5, 5.41) is 17.3. The maximum Gasteiger partial charge on any atom is 0.158 e. The molecule has 0 atom stereocenters. The molecule has 1 aromatic rings. The van der Waals surface area contributed by atoms with E-state index in [1.165, 1.54) is 0 Å². The van der Waals surface area contributed by atoms with Crippen molar-refractivity contribution in [3.63, 3.8) is 0 Å². The van der Waals surface area contributed by atoms with Gasteiger partial charge >= 0.3 is 0 Å². The van der Waals surface area contributed by atoms with E-state index in [0.29, 0.717) is 11.5 Å². The zero-order chi connectivity index (χ0) is 9.84. The zero-order valence-electron chi connectivity index (χ0n) is 7.57. The van der Waals surface area contributed by atoms with Crippen molar-refractivity contribution < 1.29 is 0 Å². The maximum atomic E-state index is 8.71. The first kappa shape index (κ1) is 9.22. The van der Waals surface area contributed by atoms with Crippen LogP contribution in [0.3, 0.4) is 0 Å². The molecule has 0 aromatic carbocycles. The van der Waals surface area contributed by atoms with Crippen LogP contribution in [0.1, 0.15) is 36.6 Å². The van der Waals surface area contributed by atoms with Gasteiger partial charge in [-0.1, -0.05) is 13.8 Å². The zero-order valence-corrected chi connectivity index (χ0v) is 7.57. The standard InChI is InChI=1S/C10H9N3/c1-7(2)9-3-8(4-11)10(5-12)13-6-9/h3,6-7H,1-2H3. The molecule has 0 N–H and O–H groups in total. The minimum atomic E-state index is 0.201. The van der Waals surface area contributed by atoms with E-state index >= 15 is 0 Å². The van der Waals surface area contributed by atoms with Gasteiger partial charge in [-0.2, -0.15) is 10.5 Å². The van der Waals surface area contributed by atoms with Crippen molar-refractivity contribution in [1.82, 2.24) is 4.98 Å². The van der Waals surface area contributed by atoms with Crippen molar-refractivity contribution >= 4 is 0 Å².